The van der Waals surface area contributed by atoms with Gasteiger partial charge < -0.3 is 19.5 Å². The molecule has 7 nitrogen and oxygen atoms in total. The lowest BCUT2D eigenvalue weighted by molar-refractivity contribution is -0.116. The highest BCUT2D eigenvalue weighted by Gasteiger charge is 2.23. The van der Waals surface area contributed by atoms with E-state index in [0.717, 1.165) is 24.5 Å². The average Bonchev–Trinajstić information content (AvgIpc) is 3.21. The Labute approximate surface area is 159 Å². The summed E-state index contributed by atoms with van der Waals surface area (Å²) in [6.07, 6.45) is 1.94. The first kappa shape index (κ1) is 19.0. The van der Waals surface area contributed by atoms with Crippen LogP contribution in [0.15, 0.2) is 47.1 Å². The summed E-state index contributed by atoms with van der Waals surface area (Å²) in [7, 11) is 3.96. The van der Waals surface area contributed by atoms with Crippen LogP contribution in [0.5, 0.6) is 0 Å². The highest BCUT2D eigenvalue weighted by atomic mass is 16.3. The third kappa shape index (κ3) is 5.10. The molecule has 0 saturated carbocycles. The highest BCUT2D eigenvalue weighted by Crippen LogP contribution is 2.16. The van der Waals surface area contributed by atoms with Gasteiger partial charge in [-0.2, -0.15) is 0 Å². The van der Waals surface area contributed by atoms with Crippen molar-refractivity contribution in [3.8, 4) is 0 Å². The molecule has 7 heteroatoms. The average molecular weight is 370 g/mol. The van der Waals surface area contributed by atoms with Crippen molar-refractivity contribution in [2.75, 3.05) is 57.0 Å². The second-order valence-corrected chi connectivity index (χ2v) is 6.85. The third-order valence-corrected chi connectivity index (χ3v) is 4.71. The van der Waals surface area contributed by atoms with Gasteiger partial charge in [-0.15, -0.1) is 0 Å². The van der Waals surface area contributed by atoms with Gasteiger partial charge in [0.1, 0.15) is 0 Å². The monoisotopic (exact) mass is 370 g/mol. The molecule has 1 aliphatic heterocycles. The van der Waals surface area contributed by atoms with Gasteiger partial charge in [0.2, 0.25) is 5.91 Å². The summed E-state index contributed by atoms with van der Waals surface area (Å²) in [5.41, 5.74) is 1.90. The molecule has 1 N–H and O–H groups in total. The van der Waals surface area contributed by atoms with Gasteiger partial charge in [0, 0.05) is 64.6 Å². The number of benzene rings is 1. The van der Waals surface area contributed by atoms with Crippen LogP contribution in [-0.2, 0) is 4.79 Å². The number of carbonyl (C=O) groups excluding carboxylic acids is 2. The number of nitrogens with zero attached hydrogens (tertiary/aromatic N) is 3. The van der Waals surface area contributed by atoms with Gasteiger partial charge in [0.15, 0.2) is 5.76 Å². The normalized spacial score (nSPS) is 14.8. The van der Waals surface area contributed by atoms with Gasteiger partial charge >= 0.3 is 0 Å². The minimum atomic E-state index is -0.0708. The summed E-state index contributed by atoms with van der Waals surface area (Å²) in [4.78, 5) is 30.4. The molecule has 2 amide bonds. The summed E-state index contributed by atoms with van der Waals surface area (Å²) in [5, 5.41) is 2.93. The Hall–Kier alpha value is -2.80. The molecule has 1 aromatic carbocycles. The maximum atomic E-state index is 12.2. The van der Waals surface area contributed by atoms with E-state index in [1.165, 1.54) is 6.26 Å². The maximum Gasteiger partial charge on any atom is 0.289 e. The van der Waals surface area contributed by atoms with E-state index in [1.54, 1.807) is 17.0 Å². The molecule has 0 bridgehead atoms. The standard InChI is InChI=1S/C20H26N4O3/c1-22(2)17-7-5-16(6-8-17)21-19(25)9-10-23-11-13-24(14-12-23)20(26)18-4-3-15-27-18/h3-8,15H,9-14H2,1-2H3,(H,21,25). The van der Waals surface area contributed by atoms with Gasteiger partial charge in [0.25, 0.3) is 5.91 Å². The Morgan fingerprint density at radius 3 is 2.37 bits per heavy atom. The van der Waals surface area contributed by atoms with Crippen molar-refractivity contribution in [3.05, 3.63) is 48.4 Å². The SMILES string of the molecule is CN(C)c1ccc(NC(=O)CCN2CCN(C(=O)c3ccco3)CC2)cc1. The van der Waals surface area contributed by atoms with E-state index in [4.69, 9.17) is 4.42 Å². The molecule has 1 fully saturated rings. The van der Waals surface area contributed by atoms with Crippen LogP contribution in [0.2, 0.25) is 0 Å². The van der Waals surface area contributed by atoms with Crippen molar-refractivity contribution in [1.82, 2.24) is 9.80 Å². The minimum Gasteiger partial charge on any atom is -0.459 e. The lowest BCUT2D eigenvalue weighted by Gasteiger charge is -2.34. The molecule has 0 atom stereocenters. The summed E-state index contributed by atoms with van der Waals surface area (Å²) >= 11 is 0. The molecule has 3 rings (SSSR count). The fraction of sp³-hybridized carbons (Fsp3) is 0.400. The quantitative estimate of drug-likeness (QED) is 0.844. The lowest BCUT2D eigenvalue weighted by Crippen LogP contribution is -2.49. The van der Waals surface area contributed by atoms with Crippen molar-refractivity contribution in [1.29, 1.82) is 0 Å². The second kappa shape index (κ2) is 8.73. The smallest absolute Gasteiger partial charge is 0.289 e. The van der Waals surface area contributed by atoms with Crippen LogP contribution in [0.3, 0.4) is 0 Å². The van der Waals surface area contributed by atoms with Crippen LogP contribution in [0.4, 0.5) is 11.4 Å². The molecule has 1 aromatic heterocycles. The Morgan fingerprint density at radius 2 is 1.78 bits per heavy atom. The van der Waals surface area contributed by atoms with Crippen molar-refractivity contribution in [2.24, 2.45) is 0 Å². The van der Waals surface area contributed by atoms with Gasteiger partial charge in [-0.3, -0.25) is 14.5 Å². The fourth-order valence-corrected chi connectivity index (χ4v) is 3.06. The highest BCUT2D eigenvalue weighted by molar-refractivity contribution is 5.92. The predicted octanol–water partition coefficient (Wildman–Crippen LogP) is 2.13. The van der Waals surface area contributed by atoms with E-state index in [1.807, 2.05) is 43.3 Å². The second-order valence-electron chi connectivity index (χ2n) is 6.85. The van der Waals surface area contributed by atoms with E-state index in [-0.39, 0.29) is 11.8 Å². The van der Waals surface area contributed by atoms with E-state index >= 15 is 0 Å². The van der Waals surface area contributed by atoms with E-state index in [2.05, 4.69) is 10.2 Å². The van der Waals surface area contributed by atoms with Gasteiger partial charge in [-0.05, 0) is 36.4 Å². The van der Waals surface area contributed by atoms with Crippen LogP contribution >= 0.6 is 0 Å². The number of piperazine rings is 1. The molecule has 1 saturated heterocycles. The van der Waals surface area contributed by atoms with Crippen molar-refractivity contribution in [3.63, 3.8) is 0 Å². The van der Waals surface area contributed by atoms with Crippen LogP contribution in [0.25, 0.3) is 0 Å². The summed E-state index contributed by atoms with van der Waals surface area (Å²) in [6, 6.07) is 11.2. The summed E-state index contributed by atoms with van der Waals surface area (Å²) in [6.45, 7) is 3.50. The number of nitrogens with one attached hydrogen (secondary N) is 1. The molecule has 2 heterocycles. The molecule has 2 aromatic rings. The van der Waals surface area contributed by atoms with E-state index in [0.29, 0.717) is 31.8 Å². The maximum absolute atomic E-state index is 12.2. The third-order valence-electron chi connectivity index (χ3n) is 4.71. The number of hydrogen-bond acceptors (Lipinski definition) is 5. The number of anilines is 2. The fourth-order valence-electron chi connectivity index (χ4n) is 3.06. The Morgan fingerprint density at radius 1 is 1.07 bits per heavy atom. The number of rotatable bonds is 6. The van der Waals surface area contributed by atoms with E-state index < -0.39 is 0 Å². The molecule has 1 aliphatic rings. The Balaban J connectivity index is 1.39. The topological polar surface area (TPSA) is 69.0 Å². The molecular formula is C20H26N4O3. The zero-order valence-electron chi connectivity index (χ0n) is 15.9. The van der Waals surface area contributed by atoms with Crippen molar-refractivity contribution in [2.45, 2.75) is 6.42 Å². The molecule has 0 spiro atoms. The van der Waals surface area contributed by atoms with Gasteiger partial charge in [-0.1, -0.05) is 0 Å². The van der Waals surface area contributed by atoms with Crippen LogP contribution in [0, 0.1) is 0 Å². The van der Waals surface area contributed by atoms with Crippen molar-refractivity contribution < 1.29 is 14.0 Å². The predicted molar refractivity (Wildman–Crippen MR) is 105 cm³/mol. The molecule has 0 unspecified atom stereocenters. The van der Waals surface area contributed by atoms with Crippen LogP contribution in [0.1, 0.15) is 17.0 Å². The first-order chi connectivity index (χ1) is 13.0. The molecule has 27 heavy (non-hydrogen) atoms. The van der Waals surface area contributed by atoms with Crippen molar-refractivity contribution >= 4 is 23.2 Å². The molecular weight excluding hydrogens is 344 g/mol. The first-order valence-corrected chi connectivity index (χ1v) is 9.15. The Kier molecular flexibility index (Phi) is 6.13. The number of furan rings is 1. The van der Waals surface area contributed by atoms with Gasteiger partial charge in [0.05, 0.1) is 6.26 Å². The van der Waals surface area contributed by atoms with Gasteiger partial charge in [-0.25, -0.2) is 0 Å². The van der Waals surface area contributed by atoms with Crippen LogP contribution < -0.4 is 10.2 Å². The minimum absolute atomic E-state index is 0.00157. The summed E-state index contributed by atoms with van der Waals surface area (Å²) < 4.78 is 5.17. The Bertz CT molecular complexity index is 748. The number of carbonyl (C=O) groups is 2. The molecule has 0 aliphatic carbocycles. The first-order valence-electron chi connectivity index (χ1n) is 9.15. The summed E-state index contributed by atoms with van der Waals surface area (Å²) in [5.74, 6) is 0.309. The largest absolute Gasteiger partial charge is 0.459 e. The van der Waals surface area contributed by atoms with Crippen LogP contribution in [-0.4, -0.2) is 68.4 Å². The number of hydrogen-bond donors (Lipinski definition) is 1. The zero-order valence-corrected chi connectivity index (χ0v) is 15.9. The van der Waals surface area contributed by atoms with E-state index in [9.17, 15) is 9.59 Å². The molecule has 144 valence electrons. The lowest BCUT2D eigenvalue weighted by atomic mass is 10.2. The zero-order chi connectivity index (χ0) is 19.2. The number of amides is 2. The molecule has 0 radical (unpaired) electrons.